The molecular weight excluding hydrogens is 696 g/mol. The smallest absolute Gasteiger partial charge is 0.295 e. The number of rotatable bonds is 19. The van der Waals surface area contributed by atoms with Crippen molar-refractivity contribution in [1.29, 1.82) is 0 Å². The molecule has 1 unspecified atom stereocenters. The molecular formula is C34H54N8O9S. The summed E-state index contributed by atoms with van der Waals surface area (Å²) in [6, 6.07) is -4.88. The van der Waals surface area contributed by atoms with Gasteiger partial charge in [0, 0.05) is 12.4 Å². The van der Waals surface area contributed by atoms with E-state index in [1.54, 1.807) is 26.1 Å². The molecule has 1 aliphatic rings. The van der Waals surface area contributed by atoms with Crippen LogP contribution in [0.15, 0.2) is 18.6 Å². The van der Waals surface area contributed by atoms with Gasteiger partial charge in [0.25, 0.3) is 17.7 Å². The number of nitrogens with one attached hydrogen (secondary N) is 4. The Labute approximate surface area is 305 Å². The minimum atomic E-state index is -4.44. The number of hydrogen-bond donors (Lipinski definition) is 5. The number of hydrogen-bond acceptors (Lipinski definition) is 12. The van der Waals surface area contributed by atoms with Crippen LogP contribution in [0.1, 0.15) is 103 Å². The average molecular weight is 751 g/mol. The summed E-state index contributed by atoms with van der Waals surface area (Å²) in [6.45, 7) is 7.65. The molecule has 52 heavy (non-hydrogen) atoms. The first kappa shape index (κ1) is 43.8. The first-order valence-corrected chi connectivity index (χ1v) is 19.6. The summed E-state index contributed by atoms with van der Waals surface area (Å²) in [5.41, 5.74) is 5.58. The van der Waals surface area contributed by atoms with E-state index in [0.29, 0.717) is 12.7 Å². The molecule has 1 aromatic rings. The highest BCUT2D eigenvalue weighted by molar-refractivity contribution is 7.88. The Morgan fingerprint density at radius 1 is 0.904 bits per heavy atom. The van der Waals surface area contributed by atoms with Crippen LogP contribution in [0.4, 0.5) is 0 Å². The average Bonchev–Trinajstić information content (AvgIpc) is 3.10. The Hall–Kier alpha value is -4.32. The molecule has 2 rings (SSSR count). The lowest BCUT2D eigenvalue weighted by atomic mass is 9.84. The van der Waals surface area contributed by atoms with Crippen molar-refractivity contribution in [3.63, 3.8) is 0 Å². The lowest BCUT2D eigenvalue weighted by molar-refractivity contribution is -0.142. The van der Waals surface area contributed by atoms with Gasteiger partial charge >= 0.3 is 0 Å². The highest BCUT2D eigenvalue weighted by Gasteiger charge is 2.38. The molecule has 0 radical (unpaired) electrons. The Bertz CT molecular complexity index is 1530. The van der Waals surface area contributed by atoms with Gasteiger partial charge < -0.3 is 21.7 Å². The van der Waals surface area contributed by atoms with Crippen LogP contribution in [0.5, 0.6) is 0 Å². The van der Waals surface area contributed by atoms with Crippen molar-refractivity contribution < 1.29 is 42.0 Å². The molecule has 1 saturated carbocycles. The number of carbonyl (C=O) groups is 7. The summed E-state index contributed by atoms with van der Waals surface area (Å²) in [6.07, 6.45) is 9.66. The Morgan fingerprint density at radius 3 is 2.10 bits per heavy atom. The molecule has 6 amide bonds. The van der Waals surface area contributed by atoms with Crippen molar-refractivity contribution in [2.45, 2.75) is 117 Å². The summed E-state index contributed by atoms with van der Waals surface area (Å²) in [5, 5.41) is 9.82. The molecule has 0 spiro atoms. The minimum Gasteiger partial charge on any atom is -0.342 e. The zero-order chi connectivity index (χ0) is 39.2. The van der Waals surface area contributed by atoms with Gasteiger partial charge in [0.1, 0.15) is 30.4 Å². The predicted octanol–water partition coefficient (Wildman–Crippen LogP) is 0.345. The largest absolute Gasteiger partial charge is 0.342 e. The molecule has 0 saturated heterocycles. The molecule has 290 valence electrons. The molecule has 1 aromatic heterocycles. The van der Waals surface area contributed by atoms with E-state index in [4.69, 9.17) is 5.73 Å². The second-order valence-electron chi connectivity index (χ2n) is 13.8. The lowest BCUT2D eigenvalue weighted by Crippen LogP contribution is -2.60. The Kier molecular flexibility index (Phi) is 17.4. The van der Waals surface area contributed by atoms with Gasteiger partial charge in [-0.05, 0) is 37.0 Å². The normalized spacial score (nSPS) is 16.4. The van der Waals surface area contributed by atoms with Gasteiger partial charge in [0.05, 0.1) is 18.5 Å². The number of nitrogens with two attached hydrogens (primary N) is 1. The van der Waals surface area contributed by atoms with E-state index in [9.17, 15) is 42.0 Å². The number of sulfonamides is 1. The van der Waals surface area contributed by atoms with E-state index in [2.05, 4.69) is 25.9 Å². The molecule has 17 nitrogen and oxygen atoms in total. The maximum atomic E-state index is 14.0. The van der Waals surface area contributed by atoms with Gasteiger partial charge in [0.2, 0.25) is 33.5 Å². The highest BCUT2D eigenvalue weighted by atomic mass is 32.2. The second kappa shape index (κ2) is 20.7. The van der Waals surface area contributed by atoms with E-state index in [0.717, 1.165) is 32.1 Å². The molecule has 6 N–H and O–H groups in total. The molecule has 0 aromatic carbocycles. The van der Waals surface area contributed by atoms with Crippen LogP contribution < -0.4 is 27.0 Å². The van der Waals surface area contributed by atoms with Crippen LogP contribution in [-0.2, 0) is 38.8 Å². The fraction of sp³-hybridized carbons (Fsp3) is 0.676. The van der Waals surface area contributed by atoms with E-state index >= 15 is 0 Å². The van der Waals surface area contributed by atoms with Gasteiger partial charge in [0.15, 0.2) is 0 Å². The van der Waals surface area contributed by atoms with Gasteiger partial charge in [-0.3, -0.25) is 43.9 Å². The molecule has 0 bridgehead atoms. The molecule has 1 fully saturated rings. The maximum absolute atomic E-state index is 14.0. The van der Waals surface area contributed by atoms with Gasteiger partial charge in [-0.1, -0.05) is 73.1 Å². The fourth-order valence-electron chi connectivity index (χ4n) is 5.79. The summed E-state index contributed by atoms with van der Waals surface area (Å²) in [7, 11) is -4.44. The Balaban J connectivity index is 2.38. The number of aromatic nitrogens is 2. The third kappa shape index (κ3) is 13.7. The first-order chi connectivity index (χ1) is 24.4. The quantitative estimate of drug-likeness (QED) is 0.120. The standard InChI is InChI=1S/C34H54N8O9S/c1-7-21(5)28(41-30(45)24(16-20(3)4)38-31(46)26-18-36-14-15-37-26)32(47)39-25(17-22-12-10-9-11-13-22)34(49)42(52(6,50)51)19-27(43)40-33(48)29(44)23(35)8-2/h14-15,18,20-25,28H,7-13,16-17,19,35H2,1-6H3,(H,38,46)(H,39,47)(H,41,45)(H,40,43,48)/t21-,23?,24-,25-,28-/m0/s1. The van der Waals surface area contributed by atoms with Crippen molar-refractivity contribution in [3.05, 3.63) is 24.3 Å². The lowest BCUT2D eigenvalue weighted by Gasteiger charge is -2.32. The molecule has 5 atom stereocenters. The number of imide groups is 1. The first-order valence-electron chi connectivity index (χ1n) is 17.7. The third-order valence-corrected chi connectivity index (χ3v) is 10.1. The van der Waals surface area contributed by atoms with Crippen LogP contribution >= 0.6 is 0 Å². The molecule has 1 heterocycles. The summed E-state index contributed by atoms with van der Waals surface area (Å²) in [5.74, 6) is -7.43. The predicted molar refractivity (Wildman–Crippen MR) is 190 cm³/mol. The topological polar surface area (TPSA) is 257 Å². The number of amides is 6. The summed E-state index contributed by atoms with van der Waals surface area (Å²) in [4.78, 5) is 99.6. The molecule has 18 heteroatoms. The Morgan fingerprint density at radius 2 is 1.56 bits per heavy atom. The zero-order valence-electron chi connectivity index (χ0n) is 30.8. The summed E-state index contributed by atoms with van der Waals surface area (Å²) >= 11 is 0. The van der Waals surface area contributed by atoms with Crippen LogP contribution in [0, 0.1) is 17.8 Å². The van der Waals surface area contributed by atoms with Crippen LogP contribution in [-0.4, -0.2) is 101 Å². The van der Waals surface area contributed by atoms with E-state index in [1.807, 2.05) is 13.8 Å². The third-order valence-electron chi connectivity index (χ3n) is 9.01. The van der Waals surface area contributed by atoms with Gasteiger partial charge in [-0.25, -0.2) is 17.7 Å². The molecule has 0 aliphatic heterocycles. The van der Waals surface area contributed by atoms with E-state index < -0.39 is 87.9 Å². The van der Waals surface area contributed by atoms with Crippen LogP contribution in [0.25, 0.3) is 0 Å². The zero-order valence-corrected chi connectivity index (χ0v) is 31.7. The molecule has 1 aliphatic carbocycles. The van der Waals surface area contributed by atoms with Crippen molar-refractivity contribution in [1.82, 2.24) is 35.5 Å². The number of nitrogens with zero attached hydrogens (tertiary/aromatic N) is 3. The summed E-state index contributed by atoms with van der Waals surface area (Å²) < 4.78 is 26.0. The van der Waals surface area contributed by atoms with E-state index in [1.165, 1.54) is 18.6 Å². The van der Waals surface area contributed by atoms with Gasteiger partial charge in [-0.15, -0.1) is 0 Å². The van der Waals surface area contributed by atoms with Crippen LogP contribution in [0.3, 0.4) is 0 Å². The minimum absolute atomic E-state index is 0.00560. The van der Waals surface area contributed by atoms with E-state index in [-0.39, 0.29) is 41.1 Å². The fourth-order valence-corrected chi connectivity index (χ4v) is 6.60. The van der Waals surface area contributed by atoms with Crippen molar-refractivity contribution in [2.24, 2.45) is 23.5 Å². The monoisotopic (exact) mass is 750 g/mol. The van der Waals surface area contributed by atoms with Crippen molar-refractivity contribution >= 4 is 51.2 Å². The second-order valence-corrected chi connectivity index (χ2v) is 15.7. The maximum Gasteiger partial charge on any atom is 0.295 e. The number of carbonyl (C=O) groups excluding carboxylic acids is 7. The van der Waals surface area contributed by atoms with Crippen molar-refractivity contribution in [2.75, 3.05) is 12.8 Å². The van der Waals surface area contributed by atoms with Gasteiger partial charge in [-0.2, -0.15) is 0 Å². The number of Topliss-reactive ketones (excluding diaryl/α,β-unsaturated/α-hetero) is 1. The van der Waals surface area contributed by atoms with Crippen molar-refractivity contribution in [3.8, 4) is 0 Å². The SMILES string of the molecule is CCC(N)C(=O)C(=O)NC(=O)CN(C(=O)[C@H](CC1CCCCC1)NC(=O)[C@@H](NC(=O)[C@H](CC(C)C)NC(=O)c1cnccn1)[C@@H](C)CC)S(C)(=O)=O. The number of ketones is 1. The van der Waals surface area contributed by atoms with Crippen LogP contribution in [0.2, 0.25) is 0 Å². The highest BCUT2D eigenvalue weighted by Crippen LogP contribution is 2.28.